The molecule has 5 N–H and O–H groups in total. The van der Waals surface area contributed by atoms with E-state index in [1.54, 1.807) is 41.0 Å². The molecule has 1 aromatic heterocycles. The Bertz CT molecular complexity index is 1840. The second-order valence-electron chi connectivity index (χ2n) is 11.2. The smallest absolute Gasteiger partial charge is 0.251 e. The van der Waals surface area contributed by atoms with E-state index in [0.717, 1.165) is 28.5 Å². The van der Waals surface area contributed by atoms with E-state index in [0.29, 0.717) is 54.1 Å². The molecule has 0 saturated heterocycles. The zero-order valence-electron chi connectivity index (χ0n) is 25.5. The van der Waals surface area contributed by atoms with Gasteiger partial charge in [-0.15, -0.1) is 0 Å². The van der Waals surface area contributed by atoms with E-state index in [2.05, 4.69) is 18.8 Å². The number of nitrogens with two attached hydrogens (primary N) is 2. The third-order valence-corrected chi connectivity index (χ3v) is 7.12. The molecule has 9 heteroatoms. The summed E-state index contributed by atoms with van der Waals surface area (Å²) in [6, 6.07) is 29.1. The van der Waals surface area contributed by atoms with Crippen molar-refractivity contribution in [2.24, 2.45) is 22.4 Å². The quantitative estimate of drug-likeness (QED) is 0.107. The number of nitrogens with zero attached hydrogens (tertiary/aromatic N) is 2. The van der Waals surface area contributed by atoms with E-state index < -0.39 is 0 Å². The van der Waals surface area contributed by atoms with Crippen molar-refractivity contribution in [2.75, 3.05) is 6.61 Å². The van der Waals surface area contributed by atoms with Crippen LogP contribution in [0.5, 0.6) is 23.0 Å². The van der Waals surface area contributed by atoms with Crippen molar-refractivity contribution in [3.8, 4) is 23.0 Å². The van der Waals surface area contributed by atoms with Crippen molar-refractivity contribution in [1.29, 1.82) is 0 Å². The van der Waals surface area contributed by atoms with Gasteiger partial charge >= 0.3 is 0 Å². The van der Waals surface area contributed by atoms with Crippen LogP contribution >= 0.6 is 0 Å². The summed E-state index contributed by atoms with van der Waals surface area (Å²) in [5, 5.41) is 10.6. The number of phenols is 1. The third-order valence-electron chi connectivity index (χ3n) is 7.12. The maximum Gasteiger partial charge on any atom is 0.251 e. The molecule has 0 unspecified atom stereocenters. The molecule has 9 nitrogen and oxygen atoms in total. The molecule has 0 aliphatic carbocycles. The molecular formula is C36H38N4O5. The highest BCUT2D eigenvalue weighted by molar-refractivity contribution is 5.85. The number of rotatable bonds is 13. The van der Waals surface area contributed by atoms with Gasteiger partial charge in [0.25, 0.3) is 5.56 Å². The molecule has 0 aliphatic heterocycles. The topological polar surface area (TPSA) is 134 Å². The van der Waals surface area contributed by atoms with Crippen LogP contribution in [-0.2, 0) is 19.8 Å². The molecule has 0 spiro atoms. The summed E-state index contributed by atoms with van der Waals surface area (Å²) in [4.78, 5) is 17.1. The van der Waals surface area contributed by atoms with Crippen LogP contribution in [0.25, 0.3) is 10.9 Å². The van der Waals surface area contributed by atoms with Gasteiger partial charge in [-0.1, -0.05) is 50.2 Å². The average molecular weight is 607 g/mol. The first-order valence-electron chi connectivity index (χ1n) is 14.8. The van der Waals surface area contributed by atoms with Gasteiger partial charge in [0, 0.05) is 17.5 Å². The van der Waals surface area contributed by atoms with E-state index >= 15 is 0 Å². The van der Waals surface area contributed by atoms with Crippen molar-refractivity contribution in [2.45, 2.75) is 40.0 Å². The largest absolute Gasteiger partial charge is 0.508 e. The third kappa shape index (κ3) is 8.57. The standard InChI is InChI=1S/C36H38N4O5/c1-24(2)15-16-43-31-18-27(19-32(20-31)44-22-26-5-3-7-29(17-26)39-36(37)38)23-45-33-8-4-6-28-11-14-34(42)40(35(28)33)21-25-9-12-30(41)13-10-25/h3-14,17-20,24,41H,15-16,21-23H2,1-2H3,(H4,37,38,39). The van der Waals surface area contributed by atoms with E-state index in [1.165, 1.54) is 0 Å². The Morgan fingerprint density at radius 2 is 1.53 bits per heavy atom. The first-order chi connectivity index (χ1) is 21.7. The average Bonchev–Trinajstić information content (AvgIpc) is 3.01. The number of aromatic nitrogens is 1. The summed E-state index contributed by atoms with van der Waals surface area (Å²) in [6.07, 6.45) is 0.920. The summed E-state index contributed by atoms with van der Waals surface area (Å²) in [5.74, 6) is 2.57. The maximum absolute atomic E-state index is 13.0. The van der Waals surface area contributed by atoms with Crippen molar-refractivity contribution in [3.63, 3.8) is 0 Å². The van der Waals surface area contributed by atoms with Crippen LogP contribution in [0.2, 0.25) is 0 Å². The number of phenolic OH excluding ortho intramolecular Hbond substituents is 1. The molecule has 0 fully saturated rings. The number of hydrogen-bond acceptors (Lipinski definition) is 6. The highest BCUT2D eigenvalue weighted by Crippen LogP contribution is 2.29. The van der Waals surface area contributed by atoms with Crippen molar-refractivity contribution in [1.82, 2.24) is 4.57 Å². The lowest BCUT2D eigenvalue weighted by Crippen LogP contribution is -2.21. The Hall–Kier alpha value is -5.44. The predicted octanol–water partition coefficient (Wildman–Crippen LogP) is 6.24. The lowest BCUT2D eigenvalue weighted by molar-refractivity contribution is 0.275. The summed E-state index contributed by atoms with van der Waals surface area (Å²) in [5.41, 5.74) is 14.9. The molecule has 1 heterocycles. The second kappa shape index (κ2) is 14.4. The van der Waals surface area contributed by atoms with Crippen molar-refractivity contribution in [3.05, 3.63) is 124 Å². The summed E-state index contributed by atoms with van der Waals surface area (Å²) < 4.78 is 20.3. The number of hydrogen-bond donors (Lipinski definition) is 3. The lowest BCUT2D eigenvalue weighted by atomic mass is 10.1. The number of ether oxygens (including phenoxy) is 3. The van der Waals surface area contributed by atoms with Crippen LogP contribution in [0.4, 0.5) is 5.69 Å². The fraction of sp³-hybridized carbons (Fsp3) is 0.222. The van der Waals surface area contributed by atoms with Gasteiger partial charge in [0.05, 0.1) is 24.4 Å². The Morgan fingerprint density at radius 3 is 2.29 bits per heavy atom. The van der Waals surface area contributed by atoms with Crippen LogP contribution in [0, 0.1) is 5.92 Å². The number of pyridine rings is 1. The van der Waals surface area contributed by atoms with E-state index in [-0.39, 0.29) is 23.9 Å². The van der Waals surface area contributed by atoms with Gasteiger partial charge in [0.1, 0.15) is 36.2 Å². The van der Waals surface area contributed by atoms with Crippen LogP contribution < -0.4 is 31.2 Å². The number of guanidine groups is 1. The summed E-state index contributed by atoms with van der Waals surface area (Å²) in [6.45, 7) is 5.75. The normalized spacial score (nSPS) is 11.0. The molecule has 5 rings (SSSR count). The van der Waals surface area contributed by atoms with Crippen LogP contribution in [-0.4, -0.2) is 22.2 Å². The zero-order valence-corrected chi connectivity index (χ0v) is 25.5. The van der Waals surface area contributed by atoms with Crippen LogP contribution in [0.3, 0.4) is 0 Å². The first kappa shape index (κ1) is 31.0. The zero-order chi connectivity index (χ0) is 31.8. The fourth-order valence-corrected chi connectivity index (χ4v) is 4.87. The van der Waals surface area contributed by atoms with Crippen LogP contribution in [0.1, 0.15) is 37.0 Å². The summed E-state index contributed by atoms with van der Waals surface area (Å²) >= 11 is 0. The number of benzene rings is 4. The van der Waals surface area contributed by atoms with E-state index in [1.807, 2.05) is 60.7 Å². The Morgan fingerprint density at radius 1 is 0.800 bits per heavy atom. The molecule has 0 amide bonds. The van der Waals surface area contributed by atoms with Crippen LogP contribution in [0.15, 0.2) is 107 Å². The molecule has 0 saturated carbocycles. The molecule has 0 radical (unpaired) electrons. The number of para-hydroxylation sites is 1. The SMILES string of the molecule is CC(C)CCOc1cc(COc2cccc3ccc(=O)n(Cc4ccc(O)cc4)c23)cc(OCc2cccc(N=C(N)N)c2)c1. The van der Waals surface area contributed by atoms with Gasteiger partial charge in [-0.3, -0.25) is 4.79 Å². The first-order valence-corrected chi connectivity index (χ1v) is 14.8. The molecule has 5 aromatic rings. The molecule has 0 bridgehead atoms. The maximum atomic E-state index is 13.0. The highest BCUT2D eigenvalue weighted by Gasteiger charge is 2.12. The van der Waals surface area contributed by atoms with Gasteiger partial charge in [-0.25, -0.2) is 4.99 Å². The molecular weight excluding hydrogens is 568 g/mol. The van der Waals surface area contributed by atoms with Gasteiger partial charge < -0.3 is 35.4 Å². The molecule has 0 atom stereocenters. The van der Waals surface area contributed by atoms with E-state index in [9.17, 15) is 9.90 Å². The fourth-order valence-electron chi connectivity index (χ4n) is 4.87. The monoisotopic (exact) mass is 606 g/mol. The Kier molecular flexibility index (Phi) is 9.89. The van der Waals surface area contributed by atoms with Gasteiger partial charge in [-0.05, 0) is 77.6 Å². The minimum atomic E-state index is -0.147. The summed E-state index contributed by atoms with van der Waals surface area (Å²) in [7, 11) is 0. The van der Waals surface area contributed by atoms with Gasteiger partial charge in [0.15, 0.2) is 5.96 Å². The highest BCUT2D eigenvalue weighted by atomic mass is 16.5. The van der Waals surface area contributed by atoms with Crippen molar-refractivity contribution < 1.29 is 19.3 Å². The Labute approximate surface area is 262 Å². The molecule has 0 aliphatic rings. The van der Waals surface area contributed by atoms with Gasteiger partial charge in [0.2, 0.25) is 0 Å². The molecule has 45 heavy (non-hydrogen) atoms. The number of aromatic hydroxyl groups is 1. The van der Waals surface area contributed by atoms with Crippen molar-refractivity contribution >= 4 is 22.5 Å². The van der Waals surface area contributed by atoms with E-state index in [4.69, 9.17) is 25.7 Å². The van der Waals surface area contributed by atoms with Gasteiger partial charge in [-0.2, -0.15) is 0 Å². The minimum absolute atomic E-state index is 0.00694. The number of fused-ring (bicyclic) bond motifs is 1. The second-order valence-corrected chi connectivity index (χ2v) is 11.2. The Balaban J connectivity index is 1.40. The lowest BCUT2D eigenvalue weighted by Gasteiger charge is -2.16. The molecule has 4 aromatic carbocycles. The number of aliphatic imine (C=N–C) groups is 1. The predicted molar refractivity (Wildman–Crippen MR) is 177 cm³/mol. The minimum Gasteiger partial charge on any atom is -0.508 e. The molecule has 232 valence electrons.